The summed E-state index contributed by atoms with van der Waals surface area (Å²) in [6.45, 7) is 2.42. The minimum Gasteiger partial charge on any atom is -0.351 e. The Morgan fingerprint density at radius 2 is 1.88 bits per heavy atom. The van der Waals surface area contributed by atoms with E-state index in [-0.39, 0.29) is 11.8 Å². The summed E-state index contributed by atoms with van der Waals surface area (Å²) in [4.78, 5) is 4.36. The summed E-state index contributed by atoms with van der Waals surface area (Å²) in [5.74, 6) is 1.62. The average molecular weight is 364 g/mol. The molecule has 25 heavy (non-hydrogen) atoms. The molecular formula is C17H24N4O3S. The van der Waals surface area contributed by atoms with Crippen molar-refractivity contribution >= 4 is 16.0 Å². The molecule has 3 rings (SSSR count). The maximum absolute atomic E-state index is 11.6. The first kappa shape index (κ1) is 17.9. The molecule has 0 atom stereocenters. The highest BCUT2D eigenvalue weighted by atomic mass is 32.2. The number of hydrogen-bond donors (Lipinski definition) is 2. The zero-order valence-electron chi connectivity index (χ0n) is 14.3. The van der Waals surface area contributed by atoms with Gasteiger partial charge in [0.25, 0.3) is 11.8 Å². The Bertz CT molecular complexity index is 768. The van der Waals surface area contributed by atoms with E-state index in [1.54, 1.807) is 6.92 Å². The van der Waals surface area contributed by atoms with Crippen molar-refractivity contribution < 1.29 is 12.9 Å². The van der Waals surface area contributed by atoms with E-state index < -0.39 is 10.0 Å². The van der Waals surface area contributed by atoms with E-state index >= 15 is 0 Å². The molecule has 1 aliphatic rings. The molecule has 136 valence electrons. The minimum atomic E-state index is -3.11. The first-order valence-electron chi connectivity index (χ1n) is 8.68. The largest absolute Gasteiger partial charge is 0.351 e. The van der Waals surface area contributed by atoms with Crippen LogP contribution >= 0.6 is 0 Å². The van der Waals surface area contributed by atoms with Crippen molar-refractivity contribution in [1.82, 2.24) is 14.9 Å². The van der Waals surface area contributed by atoms with Crippen molar-refractivity contribution in [1.29, 1.82) is 0 Å². The normalized spacial score (nSPS) is 21.2. The molecule has 8 heteroatoms. The van der Waals surface area contributed by atoms with E-state index in [9.17, 15) is 8.42 Å². The van der Waals surface area contributed by atoms with Crippen LogP contribution in [0.1, 0.15) is 32.6 Å². The van der Waals surface area contributed by atoms with Crippen molar-refractivity contribution in [3.05, 3.63) is 30.3 Å². The van der Waals surface area contributed by atoms with Gasteiger partial charge in [0.1, 0.15) is 0 Å². The molecule has 2 aromatic rings. The lowest BCUT2D eigenvalue weighted by Crippen LogP contribution is -2.39. The van der Waals surface area contributed by atoms with Crippen LogP contribution in [0.25, 0.3) is 11.5 Å². The average Bonchev–Trinajstić information content (AvgIpc) is 3.11. The lowest BCUT2D eigenvalue weighted by Gasteiger charge is -2.28. The molecular weight excluding hydrogens is 340 g/mol. The Hall–Kier alpha value is -1.93. The van der Waals surface area contributed by atoms with E-state index in [0.717, 1.165) is 37.8 Å². The smallest absolute Gasteiger partial charge is 0.263 e. The molecule has 0 spiro atoms. The molecule has 1 aliphatic carbocycles. The van der Waals surface area contributed by atoms with Crippen LogP contribution in [0, 0.1) is 5.92 Å². The maximum Gasteiger partial charge on any atom is 0.263 e. The molecule has 0 bridgehead atoms. The number of rotatable bonds is 7. The molecule has 1 fully saturated rings. The fourth-order valence-corrected chi connectivity index (χ4v) is 3.96. The topological polar surface area (TPSA) is 97.1 Å². The van der Waals surface area contributed by atoms with E-state index in [4.69, 9.17) is 4.52 Å². The van der Waals surface area contributed by atoms with Crippen LogP contribution < -0.4 is 10.0 Å². The molecule has 7 nitrogen and oxygen atoms in total. The van der Waals surface area contributed by atoms with Crippen molar-refractivity contribution in [3.63, 3.8) is 0 Å². The van der Waals surface area contributed by atoms with E-state index in [1.807, 2.05) is 30.3 Å². The van der Waals surface area contributed by atoms with Crippen LogP contribution in [-0.2, 0) is 10.0 Å². The van der Waals surface area contributed by atoms with Gasteiger partial charge in [0, 0.05) is 18.2 Å². The zero-order chi connectivity index (χ0) is 17.7. The number of nitrogens with zero attached hydrogens (tertiary/aromatic N) is 2. The van der Waals surface area contributed by atoms with Crippen LogP contribution in [0.2, 0.25) is 0 Å². The molecule has 1 aromatic carbocycles. The Labute approximate surface area is 148 Å². The van der Waals surface area contributed by atoms with Crippen molar-refractivity contribution in [2.24, 2.45) is 5.92 Å². The van der Waals surface area contributed by atoms with Crippen LogP contribution in [-0.4, -0.2) is 36.9 Å². The Kier molecular flexibility index (Phi) is 5.70. The van der Waals surface area contributed by atoms with Gasteiger partial charge in [-0.3, -0.25) is 0 Å². The lowest BCUT2D eigenvalue weighted by atomic mass is 9.86. The molecule has 0 aliphatic heterocycles. The second kappa shape index (κ2) is 7.97. The number of benzene rings is 1. The number of anilines is 1. The summed E-state index contributed by atoms with van der Waals surface area (Å²) in [6, 6.07) is 9.72. The van der Waals surface area contributed by atoms with E-state index in [2.05, 4.69) is 20.2 Å². The Morgan fingerprint density at radius 3 is 2.56 bits per heavy atom. The first-order valence-corrected chi connectivity index (χ1v) is 10.3. The van der Waals surface area contributed by atoms with E-state index in [1.165, 1.54) is 0 Å². The summed E-state index contributed by atoms with van der Waals surface area (Å²) >= 11 is 0. The highest BCUT2D eigenvalue weighted by Crippen LogP contribution is 2.25. The molecule has 1 heterocycles. The first-order chi connectivity index (χ1) is 12.1. The molecule has 1 aromatic heterocycles. The highest BCUT2D eigenvalue weighted by Gasteiger charge is 2.24. The van der Waals surface area contributed by atoms with Crippen molar-refractivity contribution in [3.8, 4) is 11.5 Å². The second-order valence-electron chi connectivity index (χ2n) is 6.41. The predicted octanol–water partition coefficient (Wildman–Crippen LogP) is 2.65. The van der Waals surface area contributed by atoms with Gasteiger partial charge in [-0.15, -0.1) is 0 Å². The maximum atomic E-state index is 11.6. The molecule has 2 N–H and O–H groups in total. The van der Waals surface area contributed by atoms with Gasteiger partial charge in [-0.25, -0.2) is 13.1 Å². The molecule has 0 unspecified atom stereocenters. The van der Waals surface area contributed by atoms with Gasteiger partial charge in [-0.05, 0) is 55.8 Å². The molecule has 0 amide bonds. The van der Waals surface area contributed by atoms with Crippen LogP contribution in [0.3, 0.4) is 0 Å². The van der Waals surface area contributed by atoms with Crippen LogP contribution in [0.15, 0.2) is 34.9 Å². The lowest BCUT2D eigenvalue weighted by molar-refractivity contribution is 0.323. The standard InChI is InChI=1S/C17H24N4O3S/c1-2-25(22,23)21-15-10-8-13(9-11-15)12-18-17-19-16(24-20-17)14-6-4-3-5-7-14/h3-7,13,15,21H,2,8-12H2,1H3,(H,18,20). The van der Waals surface area contributed by atoms with Crippen LogP contribution in [0.4, 0.5) is 5.95 Å². The quantitative estimate of drug-likeness (QED) is 0.784. The van der Waals surface area contributed by atoms with Crippen LogP contribution in [0.5, 0.6) is 0 Å². The monoisotopic (exact) mass is 364 g/mol. The summed E-state index contributed by atoms with van der Waals surface area (Å²) in [5, 5.41) is 7.19. The number of sulfonamides is 1. The van der Waals surface area contributed by atoms with Gasteiger partial charge in [-0.1, -0.05) is 18.2 Å². The molecule has 1 saturated carbocycles. The molecule has 0 saturated heterocycles. The second-order valence-corrected chi connectivity index (χ2v) is 8.45. The third-order valence-corrected chi connectivity index (χ3v) is 6.02. The third-order valence-electron chi connectivity index (χ3n) is 4.57. The van der Waals surface area contributed by atoms with E-state index in [0.29, 0.717) is 17.8 Å². The SMILES string of the molecule is CCS(=O)(=O)NC1CCC(CNc2noc(-c3ccccc3)n2)CC1. The highest BCUT2D eigenvalue weighted by molar-refractivity contribution is 7.89. The van der Waals surface area contributed by atoms with Gasteiger partial charge in [0.2, 0.25) is 10.0 Å². The third kappa shape index (κ3) is 5.02. The summed E-state index contributed by atoms with van der Waals surface area (Å²) in [5.41, 5.74) is 0.895. The number of hydrogen-bond acceptors (Lipinski definition) is 6. The molecule has 0 radical (unpaired) electrons. The van der Waals surface area contributed by atoms with Gasteiger partial charge in [-0.2, -0.15) is 4.98 Å². The van der Waals surface area contributed by atoms with Gasteiger partial charge in [0.15, 0.2) is 0 Å². The van der Waals surface area contributed by atoms with Crippen molar-refractivity contribution in [2.45, 2.75) is 38.6 Å². The Morgan fingerprint density at radius 1 is 1.16 bits per heavy atom. The minimum absolute atomic E-state index is 0.0658. The fourth-order valence-electron chi connectivity index (χ4n) is 3.05. The fraction of sp³-hybridized carbons (Fsp3) is 0.529. The van der Waals surface area contributed by atoms with Gasteiger partial charge >= 0.3 is 0 Å². The summed E-state index contributed by atoms with van der Waals surface area (Å²) < 4.78 is 31.3. The zero-order valence-corrected chi connectivity index (χ0v) is 15.1. The predicted molar refractivity (Wildman–Crippen MR) is 96.6 cm³/mol. The Balaban J connectivity index is 1.45. The van der Waals surface area contributed by atoms with Crippen molar-refractivity contribution in [2.75, 3.05) is 17.6 Å². The summed E-state index contributed by atoms with van der Waals surface area (Å²) in [6.07, 6.45) is 3.70. The van der Waals surface area contributed by atoms with Gasteiger partial charge in [0.05, 0.1) is 5.75 Å². The van der Waals surface area contributed by atoms with Gasteiger partial charge < -0.3 is 9.84 Å². The summed E-state index contributed by atoms with van der Waals surface area (Å²) in [7, 11) is -3.11. The number of aromatic nitrogens is 2. The number of nitrogens with one attached hydrogen (secondary N) is 2.